The highest BCUT2D eigenvalue weighted by molar-refractivity contribution is 6.17. The van der Waals surface area contributed by atoms with E-state index in [1.165, 1.54) is 12.1 Å². The Morgan fingerprint density at radius 2 is 1.81 bits per heavy atom. The van der Waals surface area contributed by atoms with E-state index in [1.807, 2.05) is 0 Å². The second-order valence-corrected chi connectivity index (χ2v) is 3.76. The van der Waals surface area contributed by atoms with Gasteiger partial charge in [0.05, 0.1) is 5.56 Å². The van der Waals surface area contributed by atoms with E-state index in [-0.39, 0.29) is 11.3 Å². The van der Waals surface area contributed by atoms with Crippen LogP contribution in [-0.4, -0.2) is 0 Å². The Morgan fingerprint density at radius 1 is 1.06 bits per heavy atom. The van der Waals surface area contributed by atoms with E-state index in [0.29, 0.717) is 10.9 Å². The summed E-state index contributed by atoms with van der Waals surface area (Å²) in [5.41, 5.74) is 0.0721. The van der Waals surface area contributed by atoms with Gasteiger partial charge in [-0.2, -0.15) is 13.2 Å². The van der Waals surface area contributed by atoms with Crippen LogP contribution in [0.2, 0.25) is 0 Å². The van der Waals surface area contributed by atoms with Crippen molar-refractivity contribution in [1.82, 2.24) is 0 Å². The molecule has 0 nitrogen and oxygen atoms in total. The second kappa shape index (κ2) is 3.98. The molecular formula is C12H8ClF3. The van der Waals surface area contributed by atoms with Crippen molar-refractivity contribution in [3.8, 4) is 0 Å². The maximum absolute atomic E-state index is 12.7. The van der Waals surface area contributed by atoms with Gasteiger partial charge in [0.2, 0.25) is 0 Å². The molecule has 0 N–H and O–H groups in total. The smallest absolute Gasteiger partial charge is 0.166 e. The van der Waals surface area contributed by atoms with Crippen LogP contribution in [0.4, 0.5) is 13.2 Å². The Morgan fingerprint density at radius 3 is 2.44 bits per heavy atom. The molecular weight excluding hydrogens is 237 g/mol. The van der Waals surface area contributed by atoms with Gasteiger partial charge in [0.25, 0.3) is 0 Å². The van der Waals surface area contributed by atoms with Gasteiger partial charge in [-0.3, -0.25) is 0 Å². The lowest BCUT2D eigenvalue weighted by molar-refractivity contribution is -0.136. The third-order valence-corrected chi connectivity index (χ3v) is 2.71. The predicted molar refractivity (Wildman–Crippen MR) is 58.5 cm³/mol. The minimum Gasteiger partial charge on any atom is -0.166 e. The van der Waals surface area contributed by atoms with Gasteiger partial charge in [0, 0.05) is 5.88 Å². The largest absolute Gasteiger partial charge is 0.417 e. The van der Waals surface area contributed by atoms with Gasteiger partial charge in [-0.05, 0) is 28.5 Å². The molecule has 0 aromatic heterocycles. The van der Waals surface area contributed by atoms with Gasteiger partial charge in [-0.25, -0.2) is 0 Å². The first-order valence-corrected chi connectivity index (χ1v) is 5.20. The van der Waals surface area contributed by atoms with Crippen molar-refractivity contribution in [2.75, 3.05) is 0 Å². The number of halogens is 4. The quantitative estimate of drug-likeness (QED) is 0.643. The van der Waals surface area contributed by atoms with E-state index >= 15 is 0 Å². The molecule has 0 heterocycles. The van der Waals surface area contributed by atoms with Gasteiger partial charge < -0.3 is 0 Å². The third-order valence-electron chi connectivity index (χ3n) is 2.41. The van der Waals surface area contributed by atoms with Crippen LogP contribution >= 0.6 is 11.6 Å². The van der Waals surface area contributed by atoms with Crippen LogP contribution in [-0.2, 0) is 12.1 Å². The Hall–Kier alpha value is -1.22. The molecule has 16 heavy (non-hydrogen) atoms. The lowest BCUT2D eigenvalue weighted by atomic mass is 10.0. The highest BCUT2D eigenvalue weighted by Crippen LogP contribution is 2.35. The van der Waals surface area contributed by atoms with Crippen molar-refractivity contribution in [3.05, 3.63) is 47.5 Å². The summed E-state index contributed by atoms with van der Waals surface area (Å²) >= 11 is 5.61. The highest BCUT2D eigenvalue weighted by Gasteiger charge is 2.32. The molecule has 0 amide bonds. The van der Waals surface area contributed by atoms with Crippen LogP contribution in [0.5, 0.6) is 0 Å². The lowest BCUT2D eigenvalue weighted by Gasteiger charge is -2.10. The first-order chi connectivity index (χ1) is 7.52. The van der Waals surface area contributed by atoms with Crippen LogP contribution in [0, 0.1) is 0 Å². The van der Waals surface area contributed by atoms with Crippen molar-refractivity contribution in [3.63, 3.8) is 0 Å². The Bertz CT molecular complexity index is 517. The molecule has 0 unspecified atom stereocenters. The van der Waals surface area contributed by atoms with Crippen molar-refractivity contribution >= 4 is 22.4 Å². The Balaban J connectivity index is 2.74. The standard InChI is InChI=1S/C12H8ClF3/c13-7-8-4-5-9-2-1-3-11(10(9)6-8)12(14,15)16/h1-6H,7H2. The number of benzene rings is 2. The normalized spacial score (nSPS) is 12.0. The zero-order valence-corrected chi connectivity index (χ0v) is 8.94. The molecule has 0 spiro atoms. The fourth-order valence-corrected chi connectivity index (χ4v) is 1.82. The van der Waals surface area contributed by atoms with Gasteiger partial charge in [0.1, 0.15) is 0 Å². The first-order valence-electron chi connectivity index (χ1n) is 4.67. The van der Waals surface area contributed by atoms with E-state index in [2.05, 4.69) is 0 Å². The van der Waals surface area contributed by atoms with E-state index in [1.54, 1.807) is 18.2 Å². The summed E-state index contributed by atoms with van der Waals surface area (Å²) in [7, 11) is 0. The zero-order chi connectivity index (χ0) is 11.8. The SMILES string of the molecule is FC(F)(F)c1cccc2ccc(CCl)cc12. The summed E-state index contributed by atoms with van der Waals surface area (Å²) in [6, 6.07) is 9.03. The van der Waals surface area contributed by atoms with Crippen molar-refractivity contribution < 1.29 is 13.2 Å². The predicted octanol–water partition coefficient (Wildman–Crippen LogP) is 4.60. The first kappa shape index (κ1) is 11.3. The summed E-state index contributed by atoms with van der Waals surface area (Å²) < 4.78 is 38.2. The van der Waals surface area contributed by atoms with Gasteiger partial charge in [-0.1, -0.05) is 24.3 Å². The molecule has 2 aromatic rings. The molecule has 0 saturated carbocycles. The van der Waals surface area contributed by atoms with Crippen LogP contribution < -0.4 is 0 Å². The Labute approximate surface area is 95.6 Å². The molecule has 0 aliphatic heterocycles. The Kier molecular flexibility index (Phi) is 2.80. The van der Waals surface area contributed by atoms with Crippen LogP contribution in [0.15, 0.2) is 36.4 Å². The number of hydrogen-bond acceptors (Lipinski definition) is 0. The van der Waals surface area contributed by atoms with Gasteiger partial charge >= 0.3 is 6.18 Å². The zero-order valence-electron chi connectivity index (χ0n) is 8.18. The maximum Gasteiger partial charge on any atom is 0.417 e. The number of hydrogen-bond donors (Lipinski definition) is 0. The minimum atomic E-state index is -4.33. The molecule has 2 aromatic carbocycles. The molecule has 0 saturated heterocycles. The number of fused-ring (bicyclic) bond motifs is 1. The van der Waals surface area contributed by atoms with Crippen LogP contribution in [0.3, 0.4) is 0 Å². The lowest BCUT2D eigenvalue weighted by Crippen LogP contribution is -2.05. The highest BCUT2D eigenvalue weighted by atomic mass is 35.5. The van der Waals surface area contributed by atoms with Crippen LogP contribution in [0.1, 0.15) is 11.1 Å². The van der Waals surface area contributed by atoms with E-state index in [0.717, 1.165) is 6.07 Å². The molecule has 4 heteroatoms. The van der Waals surface area contributed by atoms with E-state index in [4.69, 9.17) is 11.6 Å². The van der Waals surface area contributed by atoms with Crippen molar-refractivity contribution in [2.45, 2.75) is 12.1 Å². The summed E-state index contributed by atoms with van der Waals surface area (Å²) in [5, 5.41) is 0.775. The molecule has 84 valence electrons. The van der Waals surface area contributed by atoms with Gasteiger partial charge in [-0.15, -0.1) is 11.6 Å². The molecule has 2 rings (SSSR count). The summed E-state index contributed by atoms with van der Waals surface area (Å²) in [6.07, 6.45) is -4.33. The average molecular weight is 245 g/mol. The molecule has 0 atom stereocenters. The third kappa shape index (κ3) is 2.00. The topological polar surface area (TPSA) is 0 Å². The maximum atomic E-state index is 12.7. The minimum absolute atomic E-state index is 0.202. The fraction of sp³-hybridized carbons (Fsp3) is 0.167. The summed E-state index contributed by atoms with van der Waals surface area (Å²) in [6.45, 7) is 0. The molecule has 0 aliphatic rings. The van der Waals surface area contributed by atoms with Crippen molar-refractivity contribution in [1.29, 1.82) is 0 Å². The van der Waals surface area contributed by atoms with E-state index < -0.39 is 11.7 Å². The van der Waals surface area contributed by atoms with E-state index in [9.17, 15) is 13.2 Å². The summed E-state index contributed by atoms with van der Waals surface area (Å²) in [5.74, 6) is 0.210. The number of rotatable bonds is 1. The fourth-order valence-electron chi connectivity index (χ4n) is 1.65. The summed E-state index contributed by atoms with van der Waals surface area (Å²) in [4.78, 5) is 0. The van der Waals surface area contributed by atoms with Crippen LogP contribution in [0.25, 0.3) is 10.8 Å². The molecule has 0 radical (unpaired) electrons. The van der Waals surface area contributed by atoms with Gasteiger partial charge in [0.15, 0.2) is 0 Å². The molecule has 0 aliphatic carbocycles. The monoisotopic (exact) mass is 244 g/mol. The second-order valence-electron chi connectivity index (χ2n) is 3.49. The average Bonchev–Trinajstić information content (AvgIpc) is 2.26. The molecule has 0 bridgehead atoms. The van der Waals surface area contributed by atoms with Crippen molar-refractivity contribution in [2.24, 2.45) is 0 Å². The molecule has 0 fully saturated rings. The number of alkyl halides is 4.